The fraction of sp³-hybridized carbons (Fsp3) is 0.471. The fourth-order valence-corrected chi connectivity index (χ4v) is 2.01. The van der Waals surface area contributed by atoms with Crippen LogP contribution in [0, 0.1) is 0 Å². The van der Waals surface area contributed by atoms with Crippen LogP contribution in [-0.4, -0.2) is 23.8 Å². The van der Waals surface area contributed by atoms with Crippen LogP contribution >= 0.6 is 0 Å². The van der Waals surface area contributed by atoms with Crippen molar-refractivity contribution in [2.45, 2.75) is 40.0 Å². The second-order valence-corrected chi connectivity index (χ2v) is 4.77. The van der Waals surface area contributed by atoms with E-state index < -0.39 is 0 Å². The Labute approximate surface area is 117 Å². The van der Waals surface area contributed by atoms with Crippen LogP contribution < -0.4 is 0 Å². The van der Waals surface area contributed by atoms with Crippen LogP contribution in [0.15, 0.2) is 36.5 Å². The highest BCUT2D eigenvalue weighted by Crippen LogP contribution is 2.07. The van der Waals surface area contributed by atoms with Crippen LogP contribution in [0.1, 0.15) is 49.5 Å². The number of rotatable bonds is 8. The van der Waals surface area contributed by atoms with Crippen molar-refractivity contribution in [3.8, 4) is 0 Å². The van der Waals surface area contributed by atoms with Gasteiger partial charge in [-0.1, -0.05) is 45.0 Å². The van der Waals surface area contributed by atoms with Gasteiger partial charge in [-0.3, -0.25) is 4.79 Å². The van der Waals surface area contributed by atoms with Crippen molar-refractivity contribution in [1.82, 2.24) is 4.90 Å². The van der Waals surface area contributed by atoms with E-state index in [0.29, 0.717) is 0 Å². The van der Waals surface area contributed by atoms with Gasteiger partial charge < -0.3 is 4.90 Å². The van der Waals surface area contributed by atoms with Gasteiger partial charge in [-0.2, -0.15) is 0 Å². The maximum absolute atomic E-state index is 12.0. The monoisotopic (exact) mass is 259 g/mol. The summed E-state index contributed by atoms with van der Waals surface area (Å²) in [5, 5.41) is 0. The summed E-state index contributed by atoms with van der Waals surface area (Å²) in [4.78, 5) is 14.3. The zero-order valence-corrected chi connectivity index (χ0v) is 12.4. The Morgan fingerprint density at radius 3 is 2.11 bits per heavy atom. The molecule has 0 aliphatic carbocycles. The molecule has 1 aromatic carbocycles. The Bertz CT molecular complexity index is 400. The standard InChI is InChI=1S/C17H25NO/c1-4-12-18(13-5-2)14-11-17(19)16-9-7-15(6-3)8-10-16/h7-11,14H,4-6,12-13H2,1-3H3/b14-11-. The second kappa shape index (κ2) is 8.52. The number of ketones is 1. The minimum atomic E-state index is 0.0832. The molecule has 0 aliphatic heterocycles. The molecule has 0 bridgehead atoms. The summed E-state index contributed by atoms with van der Waals surface area (Å²) in [5.41, 5.74) is 2.03. The molecule has 0 atom stereocenters. The summed E-state index contributed by atoms with van der Waals surface area (Å²) < 4.78 is 0. The lowest BCUT2D eigenvalue weighted by Crippen LogP contribution is -2.19. The van der Waals surface area contributed by atoms with E-state index >= 15 is 0 Å². The Hall–Kier alpha value is -1.57. The third kappa shape index (κ3) is 5.29. The summed E-state index contributed by atoms with van der Waals surface area (Å²) in [6, 6.07) is 7.87. The summed E-state index contributed by atoms with van der Waals surface area (Å²) in [6.45, 7) is 8.44. The summed E-state index contributed by atoms with van der Waals surface area (Å²) in [7, 11) is 0. The second-order valence-electron chi connectivity index (χ2n) is 4.77. The lowest BCUT2D eigenvalue weighted by molar-refractivity contribution is 0.104. The Morgan fingerprint density at radius 1 is 1.05 bits per heavy atom. The van der Waals surface area contributed by atoms with E-state index in [9.17, 15) is 4.79 Å². The van der Waals surface area contributed by atoms with Gasteiger partial charge >= 0.3 is 0 Å². The fourth-order valence-electron chi connectivity index (χ4n) is 2.01. The molecule has 2 nitrogen and oxygen atoms in total. The predicted octanol–water partition coefficient (Wildman–Crippen LogP) is 4.07. The first-order valence-electron chi connectivity index (χ1n) is 7.26. The van der Waals surface area contributed by atoms with Crippen molar-refractivity contribution in [2.24, 2.45) is 0 Å². The van der Waals surface area contributed by atoms with Crippen LogP contribution in [0.5, 0.6) is 0 Å². The van der Waals surface area contributed by atoms with Crippen molar-refractivity contribution < 1.29 is 4.79 Å². The minimum Gasteiger partial charge on any atom is -0.377 e. The maximum atomic E-state index is 12.0. The van der Waals surface area contributed by atoms with Crippen LogP contribution in [0.4, 0.5) is 0 Å². The largest absolute Gasteiger partial charge is 0.377 e. The van der Waals surface area contributed by atoms with Crippen LogP contribution in [-0.2, 0) is 6.42 Å². The first kappa shape index (κ1) is 15.5. The quantitative estimate of drug-likeness (QED) is 0.518. The van der Waals surface area contributed by atoms with Gasteiger partial charge in [0, 0.05) is 30.9 Å². The summed E-state index contributed by atoms with van der Waals surface area (Å²) >= 11 is 0. The molecule has 0 saturated carbocycles. The van der Waals surface area contributed by atoms with Crippen molar-refractivity contribution in [1.29, 1.82) is 0 Å². The molecule has 0 aliphatic rings. The number of carbonyl (C=O) groups is 1. The zero-order chi connectivity index (χ0) is 14.1. The van der Waals surface area contributed by atoms with Gasteiger partial charge in [0.15, 0.2) is 5.78 Å². The molecule has 0 radical (unpaired) electrons. The number of hydrogen-bond acceptors (Lipinski definition) is 2. The van der Waals surface area contributed by atoms with E-state index in [-0.39, 0.29) is 5.78 Å². The highest BCUT2D eigenvalue weighted by Gasteiger charge is 2.02. The third-order valence-electron chi connectivity index (χ3n) is 3.11. The van der Waals surface area contributed by atoms with Crippen molar-refractivity contribution >= 4 is 5.78 Å². The Balaban J connectivity index is 2.65. The van der Waals surface area contributed by atoms with E-state index in [0.717, 1.165) is 37.9 Å². The van der Waals surface area contributed by atoms with Crippen LogP contribution in [0.2, 0.25) is 0 Å². The van der Waals surface area contributed by atoms with E-state index in [1.54, 1.807) is 6.08 Å². The van der Waals surface area contributed by atoms with Crippen LogP contribution in [0.3, 0.4) is 0 Å². The number of aryl methyl sites for hydroxylation is 1. The third-order valence-corrected chi connectivity index (χ3v) is 3.11. The average Bonchev–Trinajstić information content (AvgIpc) is 2.45. The Morgan fingerprint density at radius 2 is 1.63 bits per heavy atom. The molecule has 0 fully saturated rings. The molecular formula is C17H25NO. The molecule has 0 amide bonds. The topological polar surface area (TPSA) is 20.3 Å². The maximum Gasteiger partial charge on any atom is 0.187 e. The molecule has 0 N–H and O–H groups in total. The molecule has 0 unspecified atom stereocenters. The molecule has 104 valence electrons. The number of nitrogens with zero attached hydrogens (tertiary/aromatic N) is 1. The van der Waals surface area contributed by atoms with E-state index in [1.807, 2.05) is 30.5 Å². The number of allylic oxidation sites excluding steroid dienone is 1. The highest BCUT2D eigenvalue weighted by atomic mass is 16.1. The van der Waals surface area contributed by atoms with Gasteiger partial charge in [-0.15, -0.1) is 0 Å². The van der Waals surface area contributed by atoms with Crippen molar-refractivity contribution in [2.75, 3.05) is 13.1 Å². The summed E-state index contributed by atoms with van der Waals surface area (Å²) in [6.07, 6.45) is 6.83. The van der Waals surface area contributed by atoms with Gasteiger partial charge in [0.2, 0.25) is 0 Å². The minimum absolute atomic E-state index is 0.0832. The predicted molar refractivity (Wildman–Crippen MR) is 81.4 cm³/mol. The number of carbonyl (C=O) groups excluding carboxylic acids is 1. The van der Waals surface area contributed by atoms with E-state index in [1.165, 1.54) is 5.56 Å². The molecule has 0 heterocycles. The molecule has 1 rings (SSSR count). The first-order chi connectivity index (χ1) is 9.21. The molecular weight excluding hydrogens is 234 g/mol. The molecule has 2 heteroatoms. The summed E-state index contributed by atoms with van der Waals surface area (Å²) in [5.74, 6) is 0.0832. The molecule has 19 heavy (non-hydrogen) atoms. The highest BCUT2D eigenvalue weighted by molar-refractivity contribution is 6.04. The average molecular weight is 259 g/mol. The number of hydrogen-bond donors (Lipinski definition) is 0. The smallest absolute Gasteiger partial charge is 0.187 e. The van der Waals surface area contributed by atoms with Crippen LogP contribution in [0.25, 0.3) is 0 Å². The molecule has 1 aromatic rings. The lowest BCUT2D eigenvalue weighted by atomic mass is 10.1. The van der Waals surface area contributed by atoms with Gasteiger partial charge in [-0.25, -0.2) is 0 Å². The SMILES string of the molecule is CCCN(/C=C\C(=O)c1ccc(CC)cc1)CCC. The Kier molecular flexibility index (Phi) is 6.94. The van der Waals surface area contributed by atoms with Crippen molar-refractivity contribution in [3.05, 3.63) is 47.7 Å². The van der Waals surface area contributed by atoms with E-state index in [2.05, 4.69) is 25.7 Å². The normalized spacial score (nSPS) is 10.9. The molecule has 0 spiro atoms. The van der Waals surface area contributed by atoms with Gasteiger partial charge in [0.05, 0.1) is 0 Å². The van der Waals surface area contributed by atoms with Gasteiger partial charge in [0.1, 0.15) is 0 Å². The molecule has 0 aromatic heterocycles. The van der Waals surface area contributed by atoms with Gasteiger partial charge in [0.25, 0.3) is 0 Å². The zero-order valence-electron chi connectivity index (χ0n) is 12.4. The van der Waals surface area contributed by atoms with Gasteiger partial charge in [-0.05, 0) is 24.8 Å². The van der Waals surface area contributed by atoms with Crippen molar-refractivity contribution in [3.63, 3.8) is 0 Å². The first-order valence-corrected chi connectivity index (χ1v) is 7.26. The number of benzene rings is 1. The lowest BCUT2D eigenvalue weighted by Gasteiger charge is -2.18. The van der Waals surface area contributed by atoms with E-state index in [4.69, 9.17) is 0 Å². The molecule has 0 saturated heterocycles.